The maximum absolute atomic E-state index is 5.90. The quantitative estimate of drug-likeness (QED) is 0.490. The topological polar surface area (TPSA) is 9.23 Å². The standard InChI is InChI=1S/C6H14Cl2OSi/c1-3-5-9-10(7,8)6-4-2/h3-6H2,1-2H3. The fourth-order valence-corrected chi connectivity index (χ4v) is 3.44. The number of hydrogen-bond acceptors (Lipinski definition) is 1. The van der Waals surface area contributed by atoms with Crippen LogP contribution in [0.5, 0.6) is 0 Å². The van der Waals surface area contributed by atoms with Crippen molar-refractivity contribution >= 4 is 29.1 Å². The van der Waals surface area contributed by atoms with E-state index in [4.69, 9.17) is 26.6 Å². The van der Waals surface area contributed by atoms with E-state index in [1.54, 1.807) is 0 Å². The van der Waals surface area contributed by atoms with Gasteiger partial charge in [-0.05, 0) is 12.5 Å². The molecule has 0 saturated carbocycles. The van der Waals surface area contributed by atoms with Crippen molar-refractivity contribution in [1.29, 1.82) is 0 Å². The predicted molar refractivity (Wildman–Crippen MR) is 48.8 cm³/mol. The summed E-state index contributed by atoms with van der Waals surface area (Å²) in [4.78, 5) is 0. The Bertz CT molecular complexity index is 87.8. The Morgan fingerprint density at radius 1 is 1.20 bits per heavy atom. The van der Waals surface area contributed by atoms with Crippen LogP contribution in [0.25, 0.3) is 0 Å². The minimum Gasteiger partial charge on any atom is -0.392 e. The maximum atomic E-state index is 5.90. The lowest BCUT2D eigenvalue weighted by molar-refractivity contribution is 0.323. The van der Waals surface area contributed by atoms with Gasteiger partial charge in [-0.25, -0.2) is 0 Å². The van der Waals surface area contributed by atoms with Crippen LogP contribution in [0.3, 0.4) is 0 Å². The van der Waals surface area contributed by atoms with Crippen molar-refractivity contribution in [3.05, 3.63) is 0 Å². The number of halogens is 2. The van der Waals surface area contributed by atoms with Crippen molar-refractivity contribution in [2.45, 2.75) is 32.7 Å². The predicted octanol–water partition coefficient (Wildman–Crippen LogP) is 3.24. The summed E-state index contributed by atoms with van der Waals surface area (Å²) in [6, 6.07) is 0.829. The van der Waals surface area contributed by atoms with Gasteiger partial charge in [0.05, 0.1) is 0 Å². The van der Waals surface area contributed by atoms with Gasteiger partial charge in [0.1, 0.15) is 0 Å². The molecule has 0 amide bonds. The van der Waals surface area contributed by atoms with E-state index in [1.807, 2.05) is 6.92 Å². The van der Waals surface area contributed by atoms with Crippen molar-refractivity contribution in [2.24, 2.45) is 0 Å². The average molecular weight is 201 g/mol. The van der Waals surface area contributed by atoms with Crippen LogP contribution < -0.4 is 0 Å². The van der Waals surface area contributed by atoms with Gasteiger partial charge in [0, 0.05) is 6.61 Å². The van der Waals surface area contributed by atoms with Crippen LogP contribution >= 0.6 is 22.2 Å². The van der Waals surface area contributed by atoms with Crippen LogP contribution in [0.15, 0.2) is 0 Å². The molecule has 0 heterocycles. The highest BCUT2D eigenvalue weighted by atomic mass is 35.7. The lowest BCUT2D eigenvalue weighted by atomic mass is 10.5. The van der Waals surface area contributed by atoms with E-state index in [2.05, 4.69) is 6.92 Å². The summed E-state index contributed by atoms with van der Waals surface area (Å²) < 4.78 is 5.29. The number of rotatable bonds is 5. The Balaban J connectivity index is 3.42. The lowest BCUT2D eigenvalue weighted by Crippen LogP contribution is -2.24. The van der Waals surface area contributed by atoms with Crippen molar-refractivity contribution in [2.75, 3.05) is 6.61 Å². The second-order valence-corrected chi connectivity index (χ2v) is 8.54. The van der Waals surface area contributed by atoms with E-state index in [0.29, 0.717) is 6.61 Å². The van der Waals surface area contributed by atoms with Crippen molar-refractivity contribution in [1.82, 2.24) is 0 Å². The highest BCUT2D eigenvalue weighted by Crippen LogP contribution is 2.23. The summed E-state index contributed by atoms with van der Waals surface area (Å²) >= 11 is 11.8. The minimum absolute atomic E-state index is 0.694. The molecule has 0 aliphatic rings. The van der Waals surface area contributed by atoms with E-state index in [0.717, 1.165) is 18.9 Å². The summed E-state index contributed by atoms with van der Waals surface area (Å²) in [6.07, 6.45) is 1.99. The smallest absolute Gasteiger partial charge is 0.389 e. The molecule has 10 heavy (non-hydrogen) atoms. The van der Waals surface area contributed by atoms with Gasteiger partial charge in [-0.1, -0.05) is 20.3 Å². The lowest BCUT2D eigenvalue weighted by Gasteiger charge is -2.15. The molecular formula is C6H14Cl2OSi. The maximum Gasteiger partial charge on any atom is 0.389 e. The molecule has 0 unspecified atom stereocenters. The molecule has 1 nitrogen and oxygen atoms in total. The summed E-state index contributed by atoms with van der Waals surface area (Å²) in [5.41, 5.74) is 0. The first-order chi connectivity index (χ1) is 4.62. The van der Waals surface area contributed by atoms with Crippen LogP contribution in [0.2, 0.25) is 6.04 Å². The zero-order chi connectivity index (χ0) is 8.04. The second kappa shape index (κ2) is 5.41. The second-order valence-electron chi connectivity index (χ2n) is 2.24. The molecule has 0 atom stereocenters. The van der Waals surface area contributed by atoms with Crippen LogP contribution in [0.1, 0.15) is 26.7 Å². The molecule has 0 aromatic carbocycles. The molecule has 0 aromatic heterocycles. The Morgan fingerprint density at radius 2 is 1.80 bits per heavy atom. The van der Waals surface area contributed by atoms with Crippen molar-refractivity contribution < 1.29 is 4.43 Å². The summed E-state index contributed by atoms with van der Waals surface area (Å²) in [5, 5.41) is 0. The normalized spacial score (nSPS) is 12.0. The summed E-state index contributed by atoms with van der Waals surface area (Å²) in [7, 11) is 0. The molecular weight excluding hydrogens is 187 g/mol. The van der Waals surface area contributed by atoms with Gasteiger partial charge < -0.3 is 4.43 Å². The highest BCUT2D eigenvalue weighted by Gasteiger charge is 2.28. The molecule has 0 saturated heterocycles. The van der Waals surface area contributed by atoms with Gasteiger partial charge >= 0.3 is 6.94 Å². The first-order valence-electron chi connectivity index (χ1n) is 3.64. The monoisotopic (exact) mass is 200 g/mol. The van der Waals surface area contributed by atoms with Crippen LogP contribution in [0.4, 0.5) is 0 Å². The first kappa shape index (κ1) is 10.8. The summed E-state index contributed by atoms with van der Waals surface area (Å²) in [5.74, 6) is 0. The fourth-order valence-electron chi connectivity index (χ4n) is 0.615. The molecule has 0 spiro atoms. The van der Waals surface area contributed by atoms with Gasteiger partial charge in [-0.2, -0.15) is 0 Å². The molecule has 0 fully saturated rings. The first-order valence-corrected chi connectivity index (χ1v) is 7.78. The Hall–Kier alpha value is 0.757. The molecule has 4 heteroatoms. The molecule has 0 aliphatic heterocycles. The van der Waals surface area contributed by atoms with Gasteiger partial charge in [0.25, 0.3) is 0 Å². The third-order valence-electron chi connectivity index (χ3n) is 1.06. The average Bonchev–Trinajstić information content (AvgIpc) is 1.84. The molecule has 0 radical (unpaired) electrons. The van der Waals surface area contributed by atoms with Crippen molar-refractivity contribution in [3.8, 4) is 0 Å². The van der Waals surface area contributed by atoms with Gasteiger partial charge in [-0.3, -0.25) is 0 Å². The van der Waals surface area contributed by atoms with E-state index >= 15 is 0 Å². The van der Waals surface area contributed by atoms with Crippen LogP contribution in [-0.4, -0.2) is 13.5 Å². The van der Waals surface area contributed by atoms with Gasteiger partial charge in [-0.15, -0.1) is 22.2 Å². The third-order valence-corrected chi connectivity index (χ3v) is 4.56. The third kappa shape index (κ3) is 5.53. The molecule has 62 valence electrons. The SMILES string of the molecule is CCCO[Si](Cl)(Cl)CCC. The molecule has 0 bridgehead atoms. The number of hydrogen-bond donors (Lipinski definition) is 0. The van der Waals surface area contributed by atoms with Crippen molar-refractivity contribution in [3.63, 3.8) is 0 Å². The molecule has 0 aromatic rings. The Labute approximate surface area is 73.2 Å². The van der Waals surface area contributed by atoms with Crippen LogP contribution in [0, 0.1) is 0 Å². The highest BCUT2D eigenvalue weighted by molar-refractivity contribution is 7.42. The van der Waals surface area contributed by atoms with E-state index in [-0.39, 0.29) is 0 Å². The van der Waals surface area contributed by atoms with Gasteiger partial charge in [0.2, 0.25) is 0 Å². The van der Waals surface area contributed by atoms with Gasteiger partial charge in [0.15, 0.2) is 0 Å². The largest absolute Gasteiger partial charge is 0.392 e. The zero-order valence-electron chi connectivity index (χ0n) is 6.49. The summed E-state index contributed by atoms with van der Waals surface area (Å²) in [6.45, 7) is 2.52. The minimum atomic E-state index is -2.28. The molecule has 0 aliphatic carbocycles. The molecule has 0 rings (SSSR count). The van der Waals surface area contributed by atoms with E-state index < -0.39 is 6.94 Å². The Kier molecular flexibility index (Phi) is 5.82. The van der Waals surface area contributed by atoms with E-state index in [9.17, 15) is 0 Å². The zero-order valence-corrected chi connectivity index (χ0v) is 9.00. The van der Waals surface area contributed by atoms with Crippen LogP contribution in [-0.2, 0) is 4.43 Å². The van der Waals surface area contributed by atoms with E-state index in [1.165, 1.54) is 0 Å². The Morgan fingerprint density at radius 3 is 2.20 bits per heavy atom. The molecule has 0 N–H and O–H groups in total. The fraction of sp³-hybridized carbons (Fsp3) is 1.00.